The second-order valence-corrected chi connectivity index (χ2v) is 6.32. The highest BCUT2D eigenvalue weighted by molar-refractivity contribution is 5.97. The lowest BCUT2D eigenvalue weighted by molar-refractivity contribution is -0.154. The van der Waals surface area contributed by atoms with Crippen molar-refractivity contribution >= 4 is 18.3 Å². The summed E-state index contributed by atoms with van der Waals surface area (Å²) in [5, 5.41) is 5.75. The first-order valence-electron chi connectivity index (χ1n) is 8.58. The minimum absolute atomic E-state index is 0. The lowest BCUT2D eigenvalue weighted by Gasteiger charge is -2.24. The number of nitrogens with one attached hydrogen (secondary N) is 2. The molecule has 0 bridgehead atoms. The molecule has 1 aromatic carbocycles. The molecule has 0 radical (unpaired) electrons. The molecule has 0 saturated carbocycles. The maximum absolute atomic E-state index is 12.4. The summed E-state index contributed by atoms with van der Waals surface area (Å²) in [6.07, 6.45) is -6.41. The Bertz CT molecular complexity index is 664. The number of hydrogen-bond donors (Lipinski definition) is 2. The predicted octanol–water partition coefficient (Wildman–Crippen LogP) is 3.86. The maximum Gasteiger partial charge on any atom is 0.422 e. The van der Waals surface area contributed by atoms with Crippen molar-refractivity contribution in [3.05, 3.63) is 23.8 Å². The number of carbonyl (C=O) groups excluding carboxylic acids is 1. The Morgan fingerprint density at radius 2 is 1.72 bits per heavy atom. The Labute approximate surface area is 169 Å². The highest BCUT2D eigenvalue weighted by atomic mass is 35.5. The van der Waals surface area contributed by atoms with Crippen LogP contribution >= 0.6 is 12.4 Å². The molecule has 1 heterocycles. The Morgan fingerprint density at radius 3 is 2.31 bits per heavy atom. The van der Waals surface area contributed by atoms with E-state index in [1.54, 1.807) is 0 Å². The highest BCUT2D eigenvalue weighted by Crippen LogP contribution is 2.28. The number of amides is 1. The number of piperidine rings is 1. The molecule has 1 aromatic rings. The van der Waals surface area contributed by atoms with Crippen LogP contribution in [-0.4, -0.2) is 50.6 Å². The first kappa shape index (κ1) is 25.2. The summed E-state index contributed by atoms with van der Waals surface area (Å²) in [5.74, 6) is -1.47. The van der Waals surface area contributed by atoms with Gasteiger partial charge in [0.05, 0.1) is 5.56 Å². The summed E-state index contributed by atoms with van der Waals surface area (Å²) in [5.41, 5.74) is -0.334. The number of alkyl halides is 6. The van der Waals surface area contributed by atoms with Gasteiger partial charge in [0.25, 0.3) is 5.91 Å². The van der Waals surface area contributed by atoms with Crippen LogP contribution in [0.3, 0.4) is 0 Å². The van der Waals surface area contributed by atoms with E-state index in [0.717, 1.165) is 44.0 Å². The van der Waals surface area contributed by atoms with Crippen LogP contribution in [0.15, 0.2) is 18.2 Å². The van der Waals surface area contributed by atoms with E-state index in [9.17, 15) is 31.1 Å². The molecule has 166 valence electrons. The molecule has 2 N–H and O–H groups in total. The van der Waals surface area contributed by atoms with Crippen LogP contribution in [0.25, 0.3) is 0 Å². The number of halogens is 7. The number of carbonyl (C=O) groups is 1. The summed E-state index contributed by atoms with van der Waals surface area (Å²) >= 11 is 0. The quantitative estimate of drug-likeness (QED) is 0.619. The average molecular weight is 451 g/mol. The molecule has 12 heteroatoms. The van der Waals surface area contributed by atoms with E-state index in [-0.39, 0.29) is 36.3 Å². The van der Waals surface area contributed by atoms with Crippen molar-refractivity contribution in [3.63, 3.8) is 0 Å². The van der Waals surface area contributed by atoms with Gasteiger partial charge in [-0.05, 0) is 37.6 Å². The van der Waals surface area contributed by atoms with Gasteiger partial charge in [-0.15, -0.1) is 12.4 Å². The maximum atomic E-state index is 12.4. The van der Waals surface area contributed by atoms with Crippen molar-refractivity contribution in [1.29, 1.82) is 0 Å². The highest BCUT2D eigenvalue weighted by Gasteiger charge is 2.30. The molecule has 0 spiro atoms. The third-order valence-electron chi connectivity index (χ3n) is 3.91. The Balaban J connectivity index is 0.00000420. The van der Waals surface area contributed by atoms with Crippen LogP contribution in [0.5, 0.6) is 11.5 Å². The second-order valence-electron chi connectivity index (χ2n) is 6.32. The number of benzene rings is 1. The summed E-state index contributed by atoms with van der Waals surface area (Å²) in [6, 6.07) is 2.94. The van der Waals surface area contributed by atoms with Gasteiger partial charge >= 0.3 is 12.4 Å². The zero-order chi connectivity index (χ0) is 20.8. The Hall–Kier alpha value is -1.88. The largest absolute Gasteiger partial charge is 0.484 e. The van der Waals surface area contributed by atoms with E-state index in [0.29, 0.717) is 0 Å². The molecular formula is C17H21ClF6N2O3. The van der Waals surface area contributed by atoms with Crippen LogP contribution < -0.4 is 20.1 Å². The van der Waals surface area contributed by atoms with E-state index in [1.165, 1.54) is 0 Å². The van der Waals surface area contributed by atoms with Gasteiger partial charge in [0.2, 0.25) is 0 Å². The van der Waals surface area contributed by atoms with Crippen molar-refractivity contribution in [3.8, 4) is 11.5 Å². The fourth-order valence-corrected chi connectivity index (χ4v) is 2.64. The van der Waals surface area contributed by atoms with Crippen LogP contribution in [0, 0.1) is 0 Å². The monoisotopic (exact) mass is 450 g/mol. The van der Waals surface area contributed by atoms with Crippen LogP contribution in [-0.2, 0) is 0 Å². The van der Waals surface area contributed by atoms with Crippen molar-refractivity contribution in [1.82, 2.24) is 10.6 Å². The van der Waals surface area contributed by atoms with Gasteiger partial charge in [-0.25, -0.2) is 0 Å². The van der Waals surface area contributed by atoms with Crippen molar-refractivity contribution in [2.75, 3.05) is 26.3 Å². The Kier molecular flexibility index (Phi) is 9.34. The summed E-state index contributed by atoms with van der Waals surface area (Å²) in [7, 11) is 0. The van der Waals surface area contributed by atoms with Gasteiger partial charge < -0.3 is 20.1 Å². The van der Waals surface area contributed by atoms with E-state index in [1.807, 2.05) is 0 Å². The van der Waals surface area contributed by atoms with Crippen LogP contribution in [0.4, 0.5) is 26.3 Å². The predicted molar refractivity (Wildman–Crippen MR) is 94.8 cm³/mol. The molecule has 29 heavy (non-hydrogen) atoms. The molecule has 5 nitrogen and oxygen atoms in total. The SMILES string of the molecule is Cl.O=C(NC[C@H]1CCCCN1)c1cc(OCC(F)(F)F)ccc1OCC(F)(F)F. The lowest BCUT2D eigenvalue weighted by Crippen LogP contribution is -2.43. The van der Waals surface area contributed by atoms with Gasteiger partial charge in [-0.2, -0.15) is 26.3 Å². The average Bonchev–Trinajstić information content (AvgIpc) is 2.62. The third kappa shape index (κ3) is 9.44. The van der Waals surface area contributed by atoms with E-state index >= 15 is 0 Å². The van der Waals surface area contributed by atoms with Gasteiger partial charge in [0, 0.05) is 12.6 Å². The fraction of sp³-hybridized carbons (Fsp3) is 0.588. The fourth-order valence-electron chi connectivity index (χ4n) is 2.64. The number of rotatable bonds is 7. The molecule has 1 aliphatic heterocycles. The first-order chi connectivity index (χ1) is 13.0. The van der Waals surface area contributed by atoms with Crippen LogP contribution in [0.1, 0.15) is 29.6 Å². The lowest BCUT2D eigenvalue weighted by atomic mass is 10.0. The molecule has 1 fully saturated rings. The minimum Gasteiger partial charge on any atom is -0.484 e. The van der Waals surface area contributed by atoms with Crippen molar-refractivity contribution < 1.29 is 40.6 Å². The molecule has 1 amide bonds. The summed E-state index contributed by atoms with van der Waals surface area (Å²) < 4.78 is 83.3. The van der Waals surface area contributed by atoms with Gasteiger partial charge in [-0.1, -0.05) is 6.42 Å². The van der Waals surface area contributed by atoms with Crippen molar-refractivity contribution in [2.45, 2.75) is 37.7 Å². The second kappa shape index (κ2) is 10.8. The topological polar surface area (TPSA) is 59.6 Å². The van der Waals surface area contributed by atoms with Gasteiger partial charge in [0.1, 0.15) is 11.5 Å². The molecule has 1 saturated heterocycles. The number of ether oxygens (including phenoxy) is 2. The van der Waals surface area contributed by atoms with E-state index in [4.69, 9.17) is 0 Å². The summed E-state index contributed by atoms with van der Waals surface area (Å²) in [6.45, 7) is -2.21. The zero-order valence-electron chi connectivity index (χ0n) is 15.2. The molecule has 1 aliphatic rings. The molecule has 1 atom stereocenters. The van der Waals surface area contributed by atoms with Crippen molar-refractivity contribution in [2.24, 2.45) is 0 Å². The summed E-state index contributed by atoms with van der Waals surface area (Å²) in [4.78, 5) is 12.4. The standard InChI is InChI=1S/C17H20F6N2O3.ClH/c18-16(19,20)9-27-12-4-5-14(28-10-17(21,22)23)13(7-12)15(26)25-8-11-3-1-2-6-24-11;/h4-5,7,11,24H,1-3,6,8-10H2,(H,25,26);1H/t11-;/m1./s1. The molecule has 2 rings (SSSR count). The van der Waals surface area contributed by atoms with E-state index < -0.39 is 37.2 Å². The first-order valence-corrected chi connectivity index (χ1v) is 8.58. The third-order valence-corrected chi connectivity index (χ3v) is 3.91. The van der Waals surface area contributed by atoms with Crippen LogP contribution in [0.2, 0.25) is 0 Å². The van der Waals surface area contributed by atoms with E-state index in [2.05, 4.69) is 20.1 Å². The molecule has 0 aromatic heterocycles. The molecular weight excluding hydrogens is 430 g/mol. The van der Waals surface area contributed by atoms with Gasteiger partial charge in [-0.3, -0.25) is 4.79 Å². The number of hydrogen-bond acceptors (Lipinski definition) is 4. The zero-order valence-corrected chi connectivity index (χ0v) is 16.0. The smallest absolute Gasteiger partial charge is 0.422 e. The molecule has 0 aliphatic carbocycles. The Morgan fingerprint density at radius 1 is 1.07 bits per heavy atom. The minimum atomic E-state index is -4.63. The normalized spacial score (nSPS) is 17.2. The molecule has 0 unspecified atom stereocenters. The van der Waals surface area contributed by atoms with Gasteiger partial charge in [0.15, 0.2) is 13.2 Å².